The van der Waals surface area contributed by atoms with E-state index in [1.165, 1.54) is 0 Å². The maximum absolute atomic E-state index is 13.4. The SMILES string of the molecule is Cn1ncc2c1Nc1ccccc1N(C(=O)C1C(C)(C)C1(C)C)C2. The summed E-state index contributed by atoms with van der Waals surface area (Å²) in [5, 5.41) is 7.78. The largest absolute Gasteiger partial charge is 0.338 e. The lowest BCUT2D eigenvalue weighted by Crippen LogP contribution is -2.33. The van der Waals surface area contributed by atoms with Crippen LogP contribution in [0.2, 0.25) is 0 Å². The van der Waals surface area contributed by atoms with Crippen molar-refractivity contribution in [3.8, 4) is 0 Å². The Bertz CT molecular complexity index is 820. The Labute approximate surface area is 142 Å². The number of hydrogen-bond donors (Lipinski definition) is 1. The number of carbonyl (C=O) groups excluding carboxylic acids is 1. The van der Waals surface area contributed by atoms with Crippen LogP contribution in [0, 0.1) is 16.7 Å². The Morgan fingerprint density at radius 3 is 2.54 bits per heavy atom. The highest BCUT2D eigenvalue weighted by molar-refractivity contribution is 6.02. The lowest BCUT2D eigenvalue weighted by atomic mass is 10.0. The predicted octanol–water partition coefficient (Wildman–Crippen LogP) is 3.69. The van der Waals surface area contributed by atoms with Gasteiger partial charge in [-0.15, -0.1) is 0 Å². The highest BCUT2D eigenvalue weighted by Gasteiger charge is 2.69. The van der Waals surface area contributed by atoms with Gasteiger partial charge in [-0.05, 0) is 23.0 Å². The molecule has 4 rings (SSSR count). The van der Waals surface area contributed by atoms with E-state index in [1.54, 1.807) is 0 Å². The molecular weight excluding hydrogens is 300 g/mol. The second-order valence-corrected chi connectivity index (χ2v) is 8.08. The molecule has 5 nitrogen and oxygen atoms in total. The molecule has 1 aromatic heterocycles. The van der Waals surface area contributed by atoms with Gasteiger partial charge in [-0.25, -0.2) is 0 Å². The standard InChI is InChI=1S/C19H24N4O/c1-18(2)15(19(18,3)4)17(24)23-11-12-10-20-22(5)16(12)21-13-8-6-7-9-14(13)23/h6-10,15,21H,11H2,1-5H3. The first kappa shape index (κ1) is 15.2. The molecule has 1 N–H and O–H groups in total. The van der Waals surface area contributed by atoms with Crippen molar-refractivity contribution < 1.29 is 4.79 Å². The van der Waals surface area contributed by atoms with E-state index in [1.807, 2.05) is 47.1 Å². The van der Waals surface area contributed by atoms with Crippen molar-refractivity contribution in [2.45, 2.75) is 34.2 Å². The fraction of sp³-hybridized carbons (Fsp3) is 0.474. The number of benzene rings is 1. The summed E-state index contributed by atoms with van der Waals surface area (Å²) in [5.41, 5.74) is 2.98. The van der Waals surface area contributed by atoms with Crippen LogP contribution in [-0.2, 0) is 18.4 Å². The van der Waals surface area contributed by atoms with Crippen LogP contribution in [0.25, 0.3) is 0 Å². The van der Waals surface area contributed by atoms with Gasteiger partial charge in [0.15, 0.2) is 0 Å². The molecule has 0 unspecified atom stereocenters. The smallest absolute Gasteiger partial charge is 0.231 e. The number of hydrogen-bond acceptors (Lipinski definition) is 3. The number of nitrogens with one attached hydrogen (secondary N) is 1. The third-order valence-electron chi connectivity index (χ3n) is 6.32. The predicted molar refractivity (Wildman–Crippen MR) is 95.2 cm³/mol. The van der Waals surface area contributed by atoms with E-state index in [4.69, 9.17) is 0 Å². The summed E-state index contributed by atoms with van der Waals surface area (Å²) in [5.74, 6) is 1.19. The summed E-state index contributed by atoms with van der Waals surface area (Å²) in [4.78, 5) is 15.3. The second-order valence-electron chi connectivity index (χ2n) is 8.08. The maximum atomic E-state index is 13.4. The molecular formula is C19H24N4O. The fourth-order valence-corrected chi connectivity index (χ4v) is 4.12. The maximum Gasteiger partial charge on any atom is 0.231 e. The summed E-state index contributed by atoms with van der Waals surface area (Å²) in [6.07, 6.45) is 1.84. The van der Waals surface area contributed by atoms with E-state index in [2.05, 4.69) is 38.1 Å². The zero-order valence-corrected chi connectivity index (χ0v) is 14.9. The van der Waals surface area contributed by atoms with E-state index in [0.717, 1.165) is 22.8 Å². The molecule has 1 fully saturated rings. The van der Waals surface area contributed by atoms with Crippen molar-refractivity contribution in [2.75, 3.05) is 10.2 Å². The number of para-hydroxylation sites is 2. The Balaban J connectivity index is 1.79. The highest BCUT2D eigenvalue weighted by Crippen LogP contribution is 2.69. The van der Waals surface area contributed by atoms with Gasteiger partial charge in [-0.1, -0.05) is 39.8 Å². The van der Waals surface area contributed by atoms with Crippen LogP contribution in [-0.4, -0.2) is 15.7 Å². The van der Waals surface area contributed by atoms with Crippen molar-refractivity contribution in [1.82, 2.24) is 9.78 Å². The first-order valence-electron chi connectivity index (χ1n) is 8.43. The third-order valence-corrected chi connectivity index (χ3v) is 6.32. The van der Waals surface area contributed by atoms with Crippen molar-refractivity contribution in [2.24, 2.45) is 23.8 Å². The number of anilines is 3. The first-order chi connectivity index (χ1) is 11.2. The minimum absolute atomic E-state index is 0.0243. The molecule has 2 aliphatic rings. The van der Waals surface area contributed by atoms with E-state index in [9.17, 15) is 4.79 Å². The molecule has 1 amide bonds. The average molecular weight is 324 g/mol. The normalized spacial score (nSPS) is 20.6. The van der Waals surface area contributed by atoms with Crippen molar-refractivity contribution in [3.63, 3.8) is 0 Å². The lowest BCUT2D eigenvalue weighted by molar-refractivity contribution is -0.121. The van der Waals surface area contributed by atoms with Gasteiger partial charge in [0.25, 0.3) is 0 Å². The quantitative estimate of drug-likeness (QED) is 0.870. The zero-order valence-electron chi connectivity index (χ0n) is 14.9. The van der Waals surface area contributed by atoms with Crippen LogP contribution in [0.15, 0.2) is 30.5 Å². The topological polar surface area (TPSA) is 50.2 Å². The molecule has 1 aliphatic carbocycles. The lowest BCUT2D eigenvalue weighted by Gasteiger charge is -2.23. The van der Waals surface area contributed by atoms with E-state index in [0.29, 0.717) is 6.54 Å². The first-order valence-corrected chi connectivity index (χ1v) is 8.43. The van der Waals surface area contributed by atoms with Crippen LogP contribution in [0.5, 0.6) is 0 Å². The van der Waals surface area contributed by atoms with Gasteiger partial charge in [-0.3, -0.25) is 9.48 Å². The number of fused-ring (bicyclic) bond motifs is 2. The number of aryl methyl sites for hydroxylation is 1. The molecule has 0 saturated heterocycles. The Hall–Kier alpha value is -2.30. The van der Waals surface area contributed by atoms with Crippen molar-refractivity contribution in [3.05, 3.63) is 36.0 Å². The van der Waals surface area contributed by atoms with Gasteiger partial charge in [0.05, 0.1) is 24.1 Å². The number of carbonyl (C=O) groups is 1. The number of aromatic nitrogens is 2. The molecule has 1 aromatic carbocycles. The molecule has 1 saturated carbocycles. The van der Waals surface area contributed by atoms with Crippen LogP contribution in [0.3, 0.4) is 0 Å². The minimum Gasteiger partial charge on any atom is -0.338 e. The van der Waals surface area contributed by atoms with E-state index < -0.39 is 0 Å². The second kappa shape index (κ2) is 4.62. The van der Waals surface area contributed by atoms with Gasteiger partial charge in [0.2, 0.25) is 5.91 Å². The number of rotatable bonds is 1. The molecule has 2 aromatic rings. The monoisotopic (exact) mass is 324 g/mol. The summed E-state index contributed by atoms with van der Waals surface area (Å²) in [6.45, 7) is 9.30. The summed E-state index contributed by atoms with van der Waals surface area (Å²) >= 11 is 0. The van der Waals surface area contributed by atoms with Crippen molar-refractivity contribution in [1.29, 1.82) is 0 Å². The molecule has 0 bridgehead atoms. The molecule has 126 valence electrons. The fourth-order valence-electron chi connectivity index (χ4n) is 4.12. The Morgan fingerprint density at radius 2 is 1.88 bits per heavy atom. The number of amides is 1. The van der Waals surface area contributed by atoms with Gasteiger partial charge in [-0.2, -0.15) is 5.10 Å². The molecule has 0 radical (unpaired) electrons. The Kier molecular flexibility index (Phi) is 2.93. The molecule has 5 heteroatoms. The summed E-state index contributed by atoms with van der Waals surface area (Å²) in [6, 6.07) is 8.00. The highest BCUT2D eigenvalue weighted by atomic mass is 16.2. The van der Waals surface area contributed by atoms with E-state index >= 15 is 0 Å². The molecule has 0 spiro atoms. The molecule has 2 heterocycles. The van der Waals surface area contributed by atoms with Gasteiger partial charge in [0, 0.05) is 18.5 Å². The number of nitrogens with zero attached hydrogens (tertiary/aromatic N) is 3. The van der Waals surface area contributed by atoms with Crippen LogP contribution >= 0.6 is 0 Å². The van der Waals surface area contributed by atoms with Crippen LogP contribution in [0.1, 0.15) is 33.3 Å². The van der Waals surface area contributed by atoms with Gasteiger partial charge >= 0.3 is 0 Å². The van der Waals surface area contributed by atoms with Crippen LogP contribution < -0.4 is 10.2 Å². The van der Waals surface area contributed by atoms with Gasteiger partial charge < -0.3 is 10.2 Å². The summed E-state index contributed by atoms with van der Waals surface area (Å²) in [7, 11) is 1.92. The summed E-state index contributed by atoms with van der Waals surface area (Å²) < 4.78 is 1.82. The zero-order chi connectivity index (χ0) is 17.3. The average Bonchev–Trinajstić information content (AvgIpc) is 2.81. The molecule has 1 aliphatic heterocycles. The molecule has 24 heavy (non-hydrogen) atoms. The molecule has 0 atom stereocenters. The third kappa shape index (κ3) is 1.87. The minimum atomic E-state index is 0.0243. The van der Waals surface area contributed by atoms with Gasteiger partial charge in [0.1, 0.15) is 5.82 Å². The van der Waals surface area contributed by atoms with Crippen molar-refractivity contribution >= 4 is 23.1 Å². The van der Waals surface area contributed by atoms with E-state index in [-0.39, 0.29) is 22.7 Å². The Morgan fingerprint density at radius 1 is 1.21 bits per heavy atom. The van der Waals surface area contributed by atoms with Crippen LogP contribution in [0.4, 0.5) is 17.2 Å².